The molecule has 0 saturated carbocycles. The Morgan fingerprint density at radius 3 is 1.21 bits per heavy atom. The van der Waals surface area contributed by atoms with E-state index in [0.717, 1.165) is 38.6 Å². The van der Waals surface area contributed by atoms with Gasteiger partial charge in [-0.3, -0.25) is 109 Å². The lowest BCUT2D eigenvalue weighted by molar-refractivity contribution is -0.134. The first kappa shape index (κ1) is 120. The van der Waals surface area contributed by atoms with Gasteiger partial charge < -0.3 is 77.6 Å². The van der Waals surface area contributed by atoms with E-state index in [1.165, 1.54) is 69.9 Å². The molecule has 8 unspecified atom stereocenters. The highest BCUT2D eigenvalue weighted by atomic mass is 32.1. The van der Waals surface area contributed by atoms with Gasteiger partial charge in [-0.05, 0) is 106 Å². The van der Waals surface area contributed by atoms with Gasteiger partial charge in [0.25, 0.3) is 58.2 Å². The van der Waals surface area contributed by atoms with Crippen molar-refractivity contribution < 1.29 is 93.9 Å². The standard InChI is InChI=1S/C26H38N5O9P.C24H41N6O8PS.C19H35N4O5P.C17H30N5O5P.CH3OPS/c1-17-11-31(26(36)27-24(17)34)23-13-28(2)12-20(40-23)16-39-41(4,37)30-7-5-29(6-8-30)25(35)18-9-19(14-32)21(15-33)22(10-18)38-3;1-16(2)13-36-24(34)25-19(15-40)22(32)28-6-8-29(9-7-28)39(5,35)37-14-18-11-27(4)12-20(38-18)30-10-17(3)21(31)26-23(30)33;1-6-7-8-9-10-22(4)29(5,26)27-14-16-12-21(3)13-17(28-16)23-11-15(2)18(24)20-19(23)25;1-12-8-22(17(24)19-16(12)23)15-10-20(2)9-14(27-15)11-26-28(3,25)21-6-4-13(18)5-7-21;2-3-1-4/h9-11,20,23,32-33H,5-8,12-16H2,1-4H3,(H,27,34,36);10,16,18-20,40H,6-9,11-15H2,1-5H3,(H,25,34)(H,26,31,33);11,16-17H,6-10,12-14H2,1-5H3,(H,20,24,25);8,13-15H,4-7,9-11,18H2,1-3H3,(H,19,23,24);4H,1H2/t20-,23?,41?;18-,19-,20?,39?;16-,17?,29?;14-,15?,28?;/m0000./s1. The molecule has 13 atom stereocenters. The number of aromatic nitrogens is 8. The highest BCUT2D eigenvalue weighted by Crippen LogP contribution is 2.51. The monoisotopic (exact) mass is 2140 g/mol. The number of amides is 3. The predicted molar refractivity (Wildman–Crippen MR) is 542 cm³/mol. The molecule has 5 aromatic rings. The Morgan fingerprint density at radius 1 is 0.535 bits per heavy atom. The number of rotatable bonds is 35. The maximum absolute atomic E-state index is 13.5. The van der Waals surface area contributed by atoms with Crippen LogP contribution in [0.4, 0.5) is 4.79 Å². The van der Waals surface area contributed by atoms with Crippen LogP contribution in [-0.4, -0.2) is 389 Å². The quantitative estimate of drug-likeness (QED) is 0.0158. The average Bonchev–Trinajstić information content (AvgIpc) is 0.809. The number of ether oxygens (including phenoxy) is 6. The fourth-order valence-electron chi connectivity index (χ4n) is 16.5. The van der Waals surface area contributed by atoms with Crippen molar-refractivity contribution in [1.82, 2.24) is 91.6 Å². The summed E-state index contributed by atoms with van der Waals surface area (Å²) in [6, 6.07) is 2.43. The number of piperazine rings is 2. The van der Waals surface area contributed by atoms with E-state index < -0.39 is 124 Å². The van der Waals surface area contributed by atoms with Crippen molar-refractivity contribution in [2.45, 2.75) is 162 Å². The van der Waals surface area contributed by atoms with E-state index >= 15 is 0 Å². The molecule has 0 aliphatic carbocycles. The predicted octanol–water partition coefficient (Wildman–Crippen LogP) is 3.43. The van der Waals surface area contributed by atoms with E-state index in [-0.39, 0.29) is 96.4 Å². The summed E-state index contributed by atoms with van der Waals surface area (Å²) in [5, 5.41) is 21.9. The Balaban J connectivity index is 0.000000231. The van der Waals surface area contributed by atoms with Crippen LogP contribution in [0.25, 0.3) is 0 Å². The van der Waals surface area contributed by atoms with Gasteiger partial charge in [0.15, 0.2) is 33.4 Å². The second-order valence-corrected chi connectivity index (χ2v) is 48.7. The number of nitrogens with two attached hydrogens (primary N) is 1. The Morgan fingerprint density at radius 2 is 0.887 bits per heavy atom. The summed E-state index contributed by atoms with van der Waals surface area (Å²) in [4.78, 5) is 154. The molecule has 0 spiro atoms. The number of aliphatic hydroxyl groups excluding tert-OH is 2. The number of methoxy groups -OCH3 is 1. The lowest BCUT2D eigenvalue weighted by Crippen LogP contribution is -2.55. The fourth-order valence-corrected chi connectivity index (χ4v) is 22.5. The largest absolute Gasteiger partial charge is 0.496 e. The second-order valence-electron chi connectivity index (χ2n) is 37.1. The third-order valence-corrected chi connectivity index (χ3v) is 33.8. The van der Waals surface area contributed by atoms with Crippen molar-refractivity contribution in [2.24, 2.45) is 11.7 Å². The molecule has 12 rings (SSSR count). The third-order valence-electron chi connectivity index (χ3n) is 24.8. The number of unbranched alkanes of at least 4 members (excludes halogenated alkanes) is 3. The molecule has 0 radical (unpaired) electrons. The summed E-state index contributed by atoms with van der Waals surface area (Å²) in [6.07, 6.45) is 7.35. The van der Waals surface area contributed by atoms with E-state index in [2.05, 4.69) is 57.4 Å². The minimum Gasteiger partial charge on any atom is -0.496 e. The maximum atomic E-state index is 13.5. The van der Waals surface area contributed by atoms with Gasteiger partial charge in [0.1, 0.15) is 11.8 Å². The number of nitrogens with one attached hydrogen (secondary N) is 5. The molecule has 3 amide bonds. The van der Waals surface area contributed by atoms with Crippen molar-refractivity contribution in [3.05, 3.63) is 159 Å². The molecule has 142 heavy (non-hydrogen) atoms. The first-order valence-electron chi connectivity index (χ1n) is 47.2. The number of hydrogen-bond donors (Lipinski definition) is 10. The second kappa shape index (κ2) is 56.3. The normalized spacial score (nSPS) is 23.1. The van der Waals surface area contributed by atoms with Crippen LogP contribution in [0.15, 0.2) is 75.3 Å². The zero-order valence-electron chi connectivity index (χ0n) is 84.3. The zero-order chi connectivity index (χ0) is 105. The number of aliphatic hydroxyl groups is 2. The number of carbonyl (C=O) groups is 3. The van der Waals surface area contributed by atoms with Gasteiger partial charge in [0, 0.05) is 221 Å². The molecule has 9 N–H and O–H groups in total. The van der Waals surface area contributed by atoms with E-state index in [4.69, 9.17) is 52.2 Å². The van der Waals surface area contributed by atoms with Crippen molar-refractivity contribution in [3.63, 3.8) is 0 Å². The SMILES string of the molecule is CCCCCCN(C)P(C)(=O)OC[C@@H]1CN(C)CC(n2cc(C)c(=O)[nH]c2=O)O1.COc1cc(C(=O)N2CCN(P(C)(=O)OC[C@@H]3CN(C)CC(n4cc(C)c(=O)[nH]c4=O)O3)CC2)cc(CO)c1CO.Cc1cn(C2CN(C)C[C@@H](COP(C)(=O)N3CCC(N)CC3)O2)c(=O)[nH]c1=O.Cc1cn(C2CN(C)C[C@@H](COP(C)(=O)N3CCN(C(=O)[C@H](CS)NC(=O)OCC(C)C)CC3)O2)c(=O)[nH]c1=O.O=PCS. The Hall–Kier alpha value is -7.09. The molecule has 1 aromatic carbocycles. The smallest absolute Gasteiger partial charge is 0.407 e. The van der Waals surface area contributed by atoms with Crippen LogP contribution in [0.1, 0.15) is 128 Å². The first-order chi connectivity index (χ1) is 67.0. The van der Waals surface area contributed by atoms with Crippen molar-refractivity contribution in [2.75, 3.05) is 238 Å². The average molecular weight is 2140 g/mol. The first-order valence-corrected chi connectivity index (χ1v) is 57.5. The number of nitrogens with zero attached hydrogens (tertiary/aromatic N) is 14. The number of aryl methyl sites for hydroxylation is 4. The van der Waals surface area contributed by atoms with Crippen LogP contribution < -0.4 is 60.8 Å². The number of carbonyl (C=O) groups excluding carboxylic acids is 3. The van der Waals surface area contributed by atoms with Crippen LogP contribution >= 0.6 is 63.8 Å². The zero-order valence-corrected chi connectivity index (χ0v) is 90.6. The summed E-state index contributed by atoms with van der Waals surface area (Å²) >= 11 is 7.80. The van der Waals surface area contributed by atoms with Crippen molar-refractivity contribution in [1.29, 1.82) is 0 Å². The van der Waals surface area contributed by atoms with Crippen LogP contribution in [0.5, 0.6) is 5.75 Å². The Kier molecular flexibility index (Phi) is 47.7. The lowest BCUT2D eigenvalue weighted by Gasteiger charge is -2.40. The minimum absolute atomic E-state index is 0.0335. The Bertz CT molecular complexity index is 5680. The molecule has 800 valence electrons. The molecule has 4 aromatic heterocycles. The Labute approximate surface area is 838 Å². The lowest BCUT2D eigenvalue weighted by atomic mass is 10.0. The van der Waals surface area contributed by atoms with Crippen molar-refractivity contribution in [3.8, 4) is 5.75 Å². The fraction of sp³-hybridized carbons (Fsp3) is 0.713. The van der Waals surface area contributed by atoms with Gasteiger partial charge in [-0.25, -0.2) is 42.7 Å². The number of likely N-dealkylation sites (N-methyl/N-ethyl adjacent to an activating group) is 4. The molecule has 0 bridgehead atoms. The van der Waals surface area contributed by atoms with Crippen molar-refractivity contribution >= 4 is 81.7 Å². The molecule has 7 saturated heterocycles. The van der Waals surface area contributed by atoms with Gasteiger partial charge in [0.05, 0.1) is 83.3 Å². The molecule has 11 heterocycles. The molecule has 7 aliphatic heterocycles. The number of alkyl carbamates (subject to hydrolysis) is 1. The van der Waals surface area contributed by atoms with Crippen LogP contribution in [0.2, 0.25) is 0 Å². The number of thiol groups is 2. The number of piperidine rings is 1. The summed E-state index contributed by atoms with van der Waals surface area (Å²) < 4.78 is 133. The summed E-state index contributed by atoms with van der Waals surface area (Å²) in [5.41, 5.74) is 5.34. The summed E-state index contributed by atoms with van der Waals surface area (Å²) in [5.74, 6) is 0.0810. The number of morpholine rings is 4. The van der Waals surface area contributed by atoms with E-state index in [1.54, 1.807) is 77.0 Å². The summed E-state index contributed by atoms with van der Waals surface area (Å²) in [7, 11) is -1.33. The molecule has 48 nitrogen and oxygen atoms in total. The van der Waals surface area contributed by atoms with Gasteiger partial charge in [-0.15, -0.1) is 0 Å². The number of hydrogen-bond acceptors (Lipinski definition) is 35. The molecule has 7 fully saturated rings. The van der Waals surface area contributed by atoms with Crippen LogP contribution in [0.3, 0.4) is 0 Å². The van der Waals surface area contributed by atoms with Gasteiger partial charge in [-0.2, -0.15) is 25.3 Å². The molecular formula is C87H147N20O28P5S2. The highest BCUT2D eigenvalue weighted by Gasteiger charge is 2.41. The van der Waals surface area contributed by atoms with Crippen LogP contribution in [0, 0.1) is 33.6 Å². The van der Waals surface area contributed by atoms with Gasteiger partial charge >= 0.3 is 28.9 Å². The topological polar surface area (TPSA) is 559 Å². The van der Waals surface area contributed by atoms with Gasteiger partial charge in [0.2, 0.25) is 5.91 Å². The number of benzene rings is 1. The number of aromatic amines is 4. The van der Waals surface area contributed by atoms with E-state index in [9.17, 15) is 85.8 Å². The van der Waals surface area contributed by atoms with Crippen LogP contribution in [-0.2, 0) is 82.6 Å². The minimum atomic E-state index is -3.23. The number of H-pyrrole nitrogens is 4. The van der Waals surface area contributed by atoms with Gasteiger partial charge in [-0.1, -0.05) is 40.0 Å². The van der Waals surface area contributed by atoms with E-state index in [0.29, 0.717) is 168 Å². The molecule has 55 heteroatoms. The van der Waals surface area contributed by atoms with E-state index in [1.807, 2.05) is 73.4 Å². The maximum Gasteiger partial charge on any atom is 0.407 e. The highest BCUT2D eigenvalue weighted by molar-refractivity contribution is 7.85. The molecular weight excluding hydrogens is 1990 g/mol. The molecule has 7 aliphatic rings. The summed E-state index contributed by atoms with van der Waals surface area (Å²) in [6.45, 7) is 27.5. The third kappa shape index (κ3) is 35.6.